The average Bonchev–Trinajstić information content (AvgIpc) is 3.44. The molecule has 3 aromatic rings. The average molecular weight is 521 g/mol. The lowest BCUT2D eigenvalue weighted by atomic mass is 9.90. The first kappa shape index (κ1) is 28.3. The topological polar surface area (TPSA) is 88.4 Å². The third-order valence-electron chi connectivity index (χ3n) is 6.25. The summed E-state index contributed by atoms with van der Waals surface area (Å²) in [7, 11) is 0. The minimum absolute atomic E-state index is 0.0630. The van der Waals surface area contributed by atoms with Crippen LogP contribution in [0, 0.1) is 0 Å². The maximum Gasteiger partial charge on any atom is 0.243 e. The van der Waals surface area contributed by atoms with Gasteiger partial charge in [0.15, 0.2) is 5.78 Å². The fourth-order valence-electron chi connectivity index (χ4n) is 4.15. The largest absolute Gasteiger partial charge is 0.468 e. The van der Waals surface area contributed by atoms with Crippen LogP contribution in [-0.2, 0) is 26.6 Å². The molecule has 0 saturated heterocycles. The molecule has 0 aliphatic rings. The second-order valence-corrected chi connectivity index (χ2v) is 10.1. The van der Waals surface area contributed by atoms with Gasteiger partial charge >= 0.3 is 0 Å². The van der Waals surface area contributed by atoms with Crippen molar-refractivity contribution >= 4 is 29.4 Å². The number of Topliss-reactive ketones (excluding diaryl/α,β-unsaturated/α-hetero) is 1. The van der Waals surface area contributed by atoms with Crippen molar-refractivity contribution in [1.82, 2.24) is 10.6 Å². The summed E-state index contributed by atoms with van der Waals surface area (Å²) >= 11 is 1.46. The number of carbonyl (C=O) groups excluding carboxylic acids is 3. The van der Waals surface area contributed by atoms with Crippen molar-refractivity contribution in [3.05, 3.63) is 95.9 Å². The van der Waals surface area contributed by atoms with Crippen molar-refractivity contribution in [3.8, 4) is 0 Å². The standard InChI is InChI=1S/C30H36N2O4S/c1-3-11-26(31-28(34)18-17-23-12-6-4-7-13-23)30(35)32-29(22(2)24-14-8-5-9-15-24)27(33)21-37-20-25-16-10-19-36-25/h4-10,12-16,19,22,26,29H,3,11,17-18,20-21H2,1-2H3,(H,31,34)(H,32,35). The van der Waals surface area contributed by atoms with Gasteiger partial charge in [-0.05, 0) is 36.1 Å². The summed E-state index contributed by atoms with van der Waals surface area (Å²) in [4.78, 5) is 39.3. The molecule has 2 aromatic carbocycles. The molecule has 0 saturated carbocycles. The van der Waals surface area contributed by atoms with Crippen molar-refractivity contribution in [1.29, 1.82) is 0 Å². The fourth-order valence-corrected chi connectivity index (χ4v) is 5.00. The molecule has 7 heteroatoms. The van der Waals surface area contributed by atoms with Crippen molar-refractivity contribution in [3.63, 3.8) is 0 Å². The Balaban J connectivity index is 1.65. The van der Waals surface area contributed by atoms with E-state index < -0.39 is 12.1 Å². The Morgan fingerprint density at radius 3 is 2.27 bits per heavy atom. The third kappa shape index (κ3) is 9.25. The SMILES string of the molecule is CCCC(NC(=O)CCc1ccccc1)C(=O)NC(C(=O)CSCc1ccco1)C(C)c1ccccc1. The van der Waals surface area contributed by atoms with Crippen LogP contribution in [0.1, 0.15) is 55.9 Å². The van der Waals surface area contributed by atoms with Crippen molar-refractivity contribution in [2.75, 3.05) is 5.75 Å². The summed E-state index contributed by atoms with van der Waals surface area (Å²) in [5.74, 6) is 0.831. The molecule has 2 amide bonds. The highest BCUT2D eigenvalue weighted by atomic mass is 32.2. The van der Waals surface area contributed by atoms with E-state index >= 15 is 0 Å². The molecule has 0 bridgehead atoms. The van der Waals surface area contributed by atoms with Gasteiger partial charge in [0.2, 0.25) is 11.8 Å². The highest BCUT2D eigenvalue weighted by molar-refractivity contribution is 7.99. The Morgan fingerprint density at radius 2 is 1.62 bits per heavy atom. The predicted octanol–water partition coefficient (Wildman–Crippen LogP) is 5.29. The van der Waals surface area contributed by atoms with Gasteiger partial charge in [-0.15, -0.1) is 11.8 Å². The number of benzene rings is 2. The second kappa shape index (κ2) is 15.1. The van der Waals surface area contributed by atoms with E-state index in [2.05, 4.69) is 10.6 Å². The van der Waals surface area contributed by atoms with E-state index in [4.69, 9.17) is 4.42 Å². The number of aryl methyl sites for hydroxylation is 1. The van der Waals surface area contributed by atoms with Crippen LogP contribution in [0.4, 0.5) is 0 Å². The van der Waals surface area contributed by atoms with Crippen LogP contribution in [-0.4, -0.2) is 35.4 Å². The highest BCUT2D eigenvalue weighted by Crippen LogP contribution is 2.22. The minimum Gasteiger partial charge on any atom is -0.468 e. The first-order chi connectivity index (χ1) is 18.0. The van der Waals surface area contributed by atoms with Crippen LogP contribution < -0.4 is 10.6 Å². The van der Waals surface area contributed by atoms with E-state index in [1.807, 2.05) is 86.6 Å². The van der Waals surface area contributed by atoms with Crippen LogP contribution in [0.25, 0.3) is 0 Å². The number of hydrogen-bond acceptors (Lipinski definition) is 5. The van der Waals surface area contributed by atoms with Gasteiger partial charge in [0, 0.05) is 12.3 Å². The maximum atomic E-state index is 13.4. The molecule has 1 aromatic heterocycles. The Labute approximate surface area is 223 Å². The van der Waals surface area contributed by atoms with E-state index in [0.29, 0.717) is 25.0 Å². The van der Waals surface area contributed by atoms with E-state index in [-0.39, 0.29) is 29.3 Å². The van der Waals surface area contributed by atoms with E-state index in [9.17, 15) is 14.4 Å². The zero-order valence-corrected chi connectivity index (χ0v) is 22.3. The van der Waals surface area contributed by atoms with Crippen molar-refractivity contribution in [2.24, 2.45) is 0 Å². The summed E-state index contributed by atoms with van der Waals surface area (Å²) in [6.45, 7) is 3.92. The van der Waals surface area contributed by atoms with Gasteiger partial charge in [-0.3, -0.25) is 14.4 Å². The number of carbonyl (C=O) groups is 3. The maximum absolute atomic E-state index is 13.4. The first-order valence-electron chi connectivity index (χ1n) is 12.8. The monoisotopic (exact) mass is 520 g/mol. The molecule has 3 rings (SSSR count). The molecule has 196 valence electrons. The van der Waals surface area contributed by atoms with Crippen LogP contribution in [0.15, 0.2) is 83.5 Å². The lowest BCUT2D eigenvalue weighted by molar-refractivity contribution is -0.131. The summed E-state index contributed by atoms with van der Waals surface area (Å²) < 4.78 is 5.36. The summed E-state index contributed by atoms with van der Waals surface area (Å²) in [6.07, 6.45) is 3.73. The molecule has 0 fully saturated rings. The van der Waals surface area contributed by atoms with Crippen molar-refractivity contribution < 1.29 is 18.8 Å². The van der Waals surface area contributed by atoms with E-state index in [1.54, 1.807) is 6.26 Å². The molecule has 6 nitrogen and oxygen atoms in total. The number of rotatable bonds is 15. The molecular weight excluding hydrogens is 484 g/mol. The van der Waals surface area contributed by atoms with Gasteiger partial charge in [0.25, 0.3) is 0 Å². The zero-order chi connectivity index (χ0) is 26.5. The van der Waals surface area contributed by atoms with Crippen LogP contribution in [0.3, 0.4) is 0 Å². The predicted molar refractivity (Wildman–Crippen MR) is 148 cm³/mol. The van der Waals surface area contributed by atoms with Gasteiger partial charge in [-0.25, -0.2) is 0 Å². The number of thioether (sulfide) groups is 1. The Hall–Kier alpha value is -3.32. The molecule has 2 N–H and O–H groups in total. The quantitative estimate of drug-likeness (QED) is 0.284. The van der Waals surface area contributed by atoms with Gasteiger partial charge in [-0.1, -0.05) is 80.9 Å². The molecule has 37 heavy (non-hydrogen) atoms. The fraction of sp³-hybridized carbons (Fsp3) is 0.367. The van der Waals surface area contributed by atoms with Gasteiger partial charge in [0.05, 0.1) is 23.8 Å². The summed E-state index contributed by atoms with van der Waals surface area (Å²) in [6, 6.07) is 21.8. The third-order valence-corrected chi connectivity index (χ3v) is 7.23. The number of hydrogen-bond donors (Lipinski definition) is 2. The van der Waals surface area contributed by atoms with Gasteiger partial charge < -0.3 is 15.1 Å². The molecule has 0 aliphatic carbocycles. The molecular formula is C30H36N2O4S. The lowest BCUT2D eigenvalue weighted by Gasteiger charge is -2.27. The van der Waals surface area contributed by atoms with Crippen LogP contribution in [0.5, 0.6) is 0 Å². The van der Waals surface area contributed by atoms with Crippen LogP contribution >= 0.6 is 11.8 Å². The summed E-state index contributed by atoms with van der Waals surface area (Å²) in [5, 5.41) is 5.88. The molecule has 0 radical (unpaired) electrons. The Bertz CT molecular complexity index is 1100. The van der Waals surface area contributed by atoms with Gasteiger partial charge in [-0.2, -0.15) is 0 Å². The first-order valence-corrected chi connectivity index (χ1v) is 13.9. The Kier molecular flexibility index (Phi) is 11.5. The number of ketones is 1. The smallest absolute Gasteiger partial charge is 0.243 e. The minimum atomic E-state index is -0.709. The summed E-state index contributed by atoms with van der Waals surface area (Å²) in [5.41, 5.74) is 2.04. The number of furan rings is 1. The highest BCUT2D eigenvalue weighted by Gasteiger charge is 2.30. The van der Waals surface area contributed by atoms with E-state index in [0.717, 1.165) is 23.3 Å². The molecule has 0 spiro atoms. The lowest BCUT2D eigenvalue weighted by Crippen LogP contribution is -2.53. The normalized spacial score (nSPS) is 13.4. The number of amides is 2. The molecule has 3 unspecified atom stereocenters. The van der Waals surface area contributed by atoms with Crippen LogP contribution in [0.2, 0.25) is 0 Å². The van der Waals surface area contributed by atoms with Crippen molar-refractivity contribution in [2.45, 2.75) is 63.3 Å². The van der Waals surface area contributed by atoms with E-state index in [1.165, 1.54) is 11.8 Å². The second-order valence-electron chi connectivity index (χ2n) is 9.12. The molecule has 1 heterocycles. The number of nitrogens with one attached hydrogen (secondary N) is 2. The zero-order valence-electron chi connectivity index (χ0n) is 21.5. The molecule has 0 aliphatic heterocycles. The van der Waals surface area contributed by atoms with Gasteiger partial charge in [0.1, 0.15) is 11.8 Å². The molecule has 3 atom stereocenters. The Morgan fingerprint density at radius 1 is 0.919 bits per heavy atom.